The molecule has 4 aliphatic rings. The molecule has 0 unspecified atom stereocenters. The van der Waals surface area contributed by atoms with E-state index in [-0.39, 0.29) is 0 Å². The van der Waals surface area contributed by atoms with Crippen molar-refractivity contribution >= 4 is 34.1 Å². The van der Waals surface area contributed by atoms with Gasteiger partial charge >= 0.3 is 0 Å². The number of hydrogen-bond donors (Lipinski definition) is 0. The molecule has 3 saturated heterocycles. The smallest absolute Gasteiger partial charge is 0.229 e. The molecule has 206 valence electrons. The molecule has 0 amide bonds. The summed E-state index contributed by atoms with van der Waals surface area (Å²) in [5.74, 6) is 1.58. The van der Waals surface area contributed by atoms with Gasteiger partial charge in [-0.1, -0.05) is 30.4 Å². The Balaban J connectivity index is 1.17. The van der Waals surface area contributed by atoms with Gasteiger partial charge in [0.25, 0.3) is 0 Å². The van der Waals surface area contributed by atoms with E-state index in [0.717, 1.165) is 72.8 Å². The number of hydrogen-bond acceptors (Lipinski definition) is 8. The molecule has 3 fully saturated rings. The lowest BCUT2D eigenvalue weighted by molar-refractivity contribution is 0.105. The third-order valence-electron chi connectivity index (χ3n) is 9.53. The lowest BCUT2D eigenvalue weighted by atomic mass is 9.78. The molecule has 40 heavy (non-hydrogen) atoms. The van der Waals surface area contributed by atoms with Gasteiger partial charge in [0, 0.05) is 37.9 Å². The van der Waals surface area contributed by atoms with Gasteiger partial charge in [-0.2, -0.15) is 0 Å². The lowest BCUT2D eigenvalue weighted by Crippen LogP contribution is -2.40. The largest absolute Gasteiger partial charge is 0.432 e. The number of allylic oxidation sites excluding steroid dienone is 1. The number of pyridine rings is 1. The summed E-state index contributed by atoms with van der Waals surface area (Å²) in [5, 5.41) is 0.972. The third-order valence-corrected chi connectivity index (χ3v) is 9.53. The van der Waals surface area contributed by atoms with Crippen LogP contribution >= 0.6 is 0 Å². The van der Waals surface area contributed by atoms with Crippen LogP contribution in [0, 0.1) is 5.41 Å². The van der Waals surface area contributed by atoms with E-state index in [2.05, 4.69) is 58.2 Å². The normalized spacial score (nSPS) is 21.3. The fraction of sp³-hybridized carbons (Fsp3) is 0.469. The SMILES string of the molecule is CN1CCC2(CCN(Cc3cnc4oc5c(N6CCOCC6)nc(-c6cccc7c6C=CC7)nc5c4c3)CC2)C1. The van der Waals surface area contributed by atoms with Crippen molar-refractivity contribution in [2.75, 3.05) is 64.4 Å². The van der Waals surface area contributed by atoms with Crippen LogP contribution in [0.3, 0.4) is 0 Å². The summed E-state index contributed by atoms with van der Waals surface area (Å²) >= 11 is 0. The zero-order valence-corrected chi connectivity index (χ0v) is 23.2. The number of likely N-dealkylation sites (tertiary alicyclic amines) is 2. The molecule has 0 bridgehead atoms. The highest BCUT2D eigenvalue weighted by Gasteiger charge is 2.39. The van der Waals surface area contributed by atoms with E-state index < -0.39 is 0 Å². The zero-order chi connectivity index (χ0) is 26.7. The Morgan fingerprint density at radius 3 is 2.67 bits per heavy atom. The van der Waals surface area contributed by atoms with Crippen LogP contribution in [0.25, 0.3) is 39.7 Å². The number of anilines is 1. The molecule has 0 saturated carbocycles. The summed E-state index contributed by atoms with van der Waals surface area (Å²) < 4.78 is 12.0. The summed E-state index contributed by atoms with van der Waals surface area (Å²) in [6, 6.07) is 8.69. The molecular weight excluding hydrogens is 500 g/mol. The van der Waals surface area contributed by atoms with Crippen LogP contribution < -0.4 is 4.90 Å². The van der Waals surface area contributed by atoms with E-state index >= 15 is 0 Å². The molecule has 0 radical (unpaired) electrons. The second-order valence-electron chi connectivity index (χ2n) is 12.2. The number of benzene rings is 1. The number of nitrogens with zero attached hydrogens (tertiary/aromatic N) is 6. The number of fused-ring (bicyclic) bond motifs is 4. The van der Waals surface area contributed by atoms with Crippen molar-refractivity contribution in [1.29, 1.82) is 0 Å². The van der Waals surface area contributed by atoms with Gasteiger partial charge in [0.15, 0.2) is 17.2 Å². The van der Waals surface area contributed by atoms with Crippen molar-refractivity contribution in [2.45, 2.75) is 32.2 Å². The summed E-state index contributed by atoms with van der Waals surface area (Å²) in [6.07, 6.45) is 11.3. The van der Waals surface area contributed by atoms with Crippen LogP contribution in [-0.2, 0) is 17.7 Å². The van der Waals surface area contributed by atoms with Crippen LogP contribution in [-0.4, -0.2) is 84.3 Å². The fourth-order valence-corrected chi connectivity index (χ4v) is 7.25. The lowest BCUT2D eigenvalue weighted by Gasteiger charge is -2.39. The first-order chi connectivity index (χ1) is 19.6. The second kappa shape index (κ2) is 9.65. The molecule has 8 rings (SSSR count). The van der Waals surface area contributed by atoms with Gasteiger partial charge in [0.05, 0.1) is 18.6 Å². The maximum atomic E-state index is 6.39. The Kier molecular flexibility index (Phi) is 5.90. The van der Waals surface area contributed by atoms with E-state index in [1.54, 1.807) is 0 Å². The molecule has 1 aliphatic carbocycles. The van der Waals surface area contributed by atoms with Crippen LogP contribution in [0.2, 0.25) is 0 Å². The topological polar surface area (TPSA) is 70.8 Å². The first-order valence-electron chi connectivity index (χ1n) is 14.8. The van der Waals surface area contributed by atoms with Crippen molar-refractivity contribution in [3.05, 3.63) is 53.2 Å². The van der Waals surface area contributed by atoms with Gasteiger partial charge in [0.2, 0.25) is 5.71 Å². The number of rotatable bonds is 4. The molecule has 0 N–H and O–H groups in total. The highest BCUT2D eigenvalue weighted by molar-refractivity contribution is 6.05. The predicted molar refractivity (Wildman–Crippen MR) is 157 cm³/mol. The molecule has 1 aromatic carbocycles. The van der Waals surface area contributed by atoms with Gasteiger partial charge in [-0.05, 0) is 80.5 Å². The van der Waals surface area contributed by atoms with E-state index in [9.17, 15) is 0 Å². The Morgan fingerprint density at radius 2 is 1.85 bits per heavy atom. The van der Waals surface area contributed by atoms with Crippen LogP contribution in [0.1, 0.15) is 36.0 Å². The third kappa shape index (κ3) is 4.21. The molecule has 3 aliphatic heterocycles. The Morgan fingerprint density at radius 1 is 1.00 bits per heavy atom. The Bertz CT molecular complexity index is 1610. The van der Waals surface area contributed by atoms with Crippen molar-refractivity contribution in [1.82, 2.24) is 24.8 Å². The van der Waals surface area contributed by atoms with Crippen molar-refractivity contribution in [3.8, 4) is 11.4 Å². The minimum atomic E-state index is 0.532. The monoisotopic (exact) mass is 536 g/mol. The minimum Gasteiger partial charge on any atom is -0.432 e. The summed E-state index contributed by atoms with van der Waals surface area (Å²) in [5.41, 5.74) is 7.56. The first kappa shape index (κ1) is 24.5. The quantitative estimate of drug-likeness (QED) is 0.370. The predicted octanol–water partition coefficient (Wildman–Crippen LogP) is 4.76. The molecule has 6 heterocycles. The number of furan rings is 1. The van der Waals surface area contributed by atoms with Crippen molar-refractivity contribution in [2.24, 2.45) is 5.41 Å². The minimum absolute atomic E-state index is 0.532. The summed E-state index contributed by atoms with van der Waals surface area (Å²) in [7, 11) is 2.26. The Labute approximate surface area is 234 Å². The highest BCUT2D eigenvalue weighted by atomic mass is 16.5. The van der Waals surface area contributed by atoms with Crippen LogP contribution in [0.5, 0.6) is 0 Å². The Hall–Kier alpha value is -3.33. The van der Waals surface area contributed by atoms with E-state index in [1.807, 2.05) is 6.20 Å². The molecule has 1 spiro atoms. The number of morpholine rings is 1. The van der Waals surface area contributed by atoms with Crippen LogP contribution in [0.4, 0.5) is 5.82 Å². The number of ether oxygens (including phenoxy) is 1. The summed E-state index contributed by atoms with van der Waals surface area (Å²) in [6.45, 7) is 8.63. The fourth-order valence-electron chi connectivity index (χ4n) is 7.25. The number of piperidine rings is 1. The highest BCUT2D eigenvalue weighted by Crippen LogP contribution is 2.41. The number of aromatic nitrogens is 3. The van der Waals surface area contributed by atoms with E-state index in [0.29, 0.717) is 24.3 Å². The van der Waals surface area contributed by atoms with Gasteiger partial charge in [-0.25, -0.2) is 15.0 Å². The van der Waals surface area contributed by atoms with Crippen molar-refractivity contribution in [3.63, 3.8) is 0 Å². The van der Waals surface area contributed by atoms with Gasteiger partial charge < -0.3 is 19.0 Å². The molecule has 8 nitrogen and oxygen atoms in total. The average molecular weight is 537 g/mol. The van der Waals surface area contributed by atoms with Crippen LogP contribution in [0.15, 0.2) is 41.0 Å². The van der Waals surface area contributed by atoms with Gasteiger partial charge in [-0.15, -0.1) is 0 Å². The average Bonchev–Trinajstić information content (AvgIpc) is 3.71. The molecular formula is C32H36N6O2. The van der Waals surface area contributed by atoms with Gasteiger partial charge in [0.1, 0.15) is 5.52 Å². The standard InChI is InChI=1S/C32H36N6O2/c1-36-11-8-32(21-36)9-12-37(13-10-32)20-22-18-26-27-28(40-31(26)33-19-22)30(38-14-16-39-17-15-38)35-29(34-27)25-7-3-5-23-4-2-6-24(23)25/h2-3,5-7,18-19H,4,8-17,20-21H2,1H3. The zero-order valence-electron chi connectivity index (χ0n) is 23.2. The van der Waals surface area contributed by atoms with Crippen molar-refractivity contribution < 1.29 is 9.15 Å². The maximum absolute atomic E-state index is 6.39. The summed E-state index contributed by atoms with van der Waals surface area (Å²) in [4.78, 5) is 22.4. The van der Waals surface area contributed by atoms with E-state index in [1.165, 1.54) is 49.0 Å². The molecule has 3 aromatic heterocycles. The molecule has 0 atom stereocenters. The van der Waals surface area contributed by atoms with E-state index in [4.69, 9.17) is 24.1 Å². The second-order valence-corrected chi connectivity index (χ2v) is 12.2. The van der Waals surface area contributed by atoms with Gasteiger partial charge in [-0.3, -0.25) is 4.90 Å². The first-order valence-corrected chi connectivity index (χ1v) is 14.8. The molecule has 4 aromatic rings. The molecule has 8 heteroatoms. The maximum Gasteiger partial charge on any atom is 0.229 e.